The van der Waals surface area contributed by atoms with Crippen molar-refractivity contribution in [3.05, 3.63) is 35.9 Å². The Balaban J connectivity index is 2.27. The van der Waals surface area contributed by atoms with Crippen LogP contribution >= 0.6 is 0 Å². The van der Waals surface area contributed by atoms with Gasteiger partial charge in [-0.2, -0.15) is 0 Å². The highest BCUT2D eigenvalue weighted by molar-refractivity contribution is 5.81. The lowest BCUT2D eigenvalue weighted by Crippen LogP contribution is -2.58. The van der Waals surface area contributed by atoms with E-state index < -0.39 is 0 Å². The van der Waals surface area contributed by atoms with Crippen molar-refractivity contribution in [3.8, 4) is 0 Å². The smallest absolute Gasteiger partial charge is 0.238 e. The Kier molecular flexibility index (Phi) is 5.76. The number of hydrogen-bond acceptors (Lipinski definition) is 3. The van der Waals surface area contributed by atoms with Gasteiger partial charge in [0.15, 0.2) is 0 Å². The van der Waals surface area contributed by atoms with Crippen LogP contribution in [-0.2, 0) is 4.79 Å². The zero-order chi connectivity index (χ0) is 15.2. The maximum atomic E-state index is 12.2. The fraction of sp³-hybridized carbons (Fsp3) is 0.588. The lowest BCUT2D eigenvalue weighted by atomic mass is 9.93. The number of carbonyl (C=O) groups excluding carboxylic acids is 1. The zero-order valence-electron chi connectivity index (χ0n) is 13.3. The third-order valence-corrected chi connectivity index (χ3v) is 4.11. The summed E-state index contributed by atoms with van der Waals surface area (Å²) in [5, 5.41) is 6.14. The number of rotatable bonds is 5. The van der Waals surface area contributed by atoms with Gasteiger partial charge in [-0.05, 0) is 17.9 Å². The van der Waals surface area contributed by atoms with Crippen LogP contribution in [-0.4, -0.2) is 43.5 Å². The van der Waals surface area contributed by atoms with Crippen molar-refractivity contribution in [1.82, 2.24) is 15.5 Å². The SMILES string of the molecule is CNC(=O)C1CNCCN1C(CC(C)C)c1ccccc1. The van der Waals surface area contributed by atoms with Crippen LogP contribution < -0.4 is 10.6 Å². The molecule has 0 bridgehead atoms. The van der Waals surface area contributed by atoms with Crippen molar-refractivity contribution in [2.24, 2.45) is 5.92 Å². The second-order valence-corrected chi connectivity index (χ2v) is 6.13. The third-order valence-electron chi connectivity index (χ3n) is 4.11. The first-order valence-electron chi connectivity index (χ1n) is 7.86. The Bertz CT molecular complexity index is 447. The van der Waals surface area contributed by atoms with Crippen molar-refractivity contribution in [1.29, 1.82) is 0 Å². The van der Waals surface area contributed by atoms with Crippen molar-refractivity contribution in [2.45, 2.75) is 32.4 Å². The van der Waals surface area contributed by atoms with Crippen LogP contribution in [0.4, 0.5) is 0 Å². The highest BCUT2D eigenvalue weighted by atomic mass is 16.2. The normalized spacial score (nSPS) is 21.2. The molecule has 116 valence electrons. The Morgan fingerprint density at radius 2 is 2.10 bits per heavy atom. The topological polar surface area (TPSA) is 44.4 Å². The van der Waals surface area contributed by atoms with Crippen LogP contribution in [0.1, 0.15) is 31.9 Å². The molecule has 4 heteroatoms. The molecule has 2 unspecified atom stereocenters. The predicted molar refractivity (Wildman–Crippen MR) is 86.1 cm³/mol. The molecule has 1 heterocycles. The quantitative estimate of drug-likeness (QED) is 0.868. The van der Waals surface area contributed by atoms with Gasteiger partial charge in [-0.3, -0.25) is 9.69 Å². The lowest BCUT2D eigenvalue weighted by Gasteiger charge is -2.41. The molecule has 1 aliphatic heterocycles. The largest absolute Gasteiger partial charge is 0.358 e. The molecule has 0 radical (unpaired) electrons. The van der Waals surface area contributed by atoms with Crippen LogP contribution in [0.25, 0.3) is 0 Å². The first kappa shape index (κ1) is 16.0. The summed E-state index contributed by atoms with van der Waals surface area (Å²) in [6.07, 6.45) is 1.07. The number of carbonyl (C=O) groups is 1. The minimum atomic E-state index is -0.0901. The molecule has 1 amide bonds. The highest BCUT2D eigenvalue weighted by Crippen LogP contribution is 2.30. The van der Waals surface area contributed by atoms with Gasteiger partial charge in [-0.15, -0.1) is 0 Å². The van der Waals surface area contributed by atoms with Crippen molar-refractivity contribution in [3.63, 3.8) is 0 Å². The molecule has 0 saturated carbocycles. The molecule has 0 spiro atoms. The van der Waals surface area contributed by atoms with Gasteiger partial charge in [0.1, 0.15) is 6.04 Å². The second kappa shape index (κ2) is 7.57. The fourth-order valence-corrected chi connectivity index (χ4v) is 3.09. The monoisotopic (exact) mass is 289 g/mol. The number of likely N-dealkylation sites (N-methyl/N-ethyl adjacent to an activating group) is 1. The van der Waals surface area contributed by atoms with Crippen LogP contribution in [0.5, 0.6) is 0 Å². The standard InChI is InChI=1S/C17H27N3O/c1-13(2)11-15(14-7-5-4-6-8-14)20-10-9-19-12-16(20)17(21)18-3/h4-8,13,15-16,19H,9-12H2,1-3H3,(H,18,21). The number of piperazine rings is 1. The van der Waals surface area contributed by atoms with Crippen molar-refractivity contribution >= 4 is 5.91 Å². The summed E-state index contributed by atoms with van der Waals surface area (Å²) in [5.41, 5.74) is 1.31. The fourth-order valence-electron chi connectivity index (χ4n) is 3.09. The lowest BCUT2D eigenvalue weighted by molar-refractivity contribution is -0.127. The van der Waals surface area contributed by atoms with E-state index in [-0.39, 0.29) is 11.9 Å². The zero-order valence-corrected chi connectivity index (χ0v) is 13.3. The van der Waals surface area contributed by atoms with Gasteiger partial charge in [-0.25, -0.2) is 0 Å². The molecular weight excluding hydrogens is 262 g/mol. The van der Waals surface area contributed by atoms with Crippen molar-refractivity contribution in [2.75, 3.05) is 26.7 Å². The van der Waals surface area contributed by atoms with Crippen LogP contribution in [0.3, 0.4) is 0 Å². The van der Waals surface area contributed by atoms with Gasteiger partial charge in [0.2, 0.25) is 5.91 Å². The molecule has 1 saturated heterocycles. The van der Waals surface area contributed by atoms with E-state index in [0.717, 1.165) is 26.1 Å². The average molecular weight is 289 g/mol. The number of nitrogens with zero attached hydrogens (tertiary/aromatic N) is 1. The first-order valence-corrected chi connectivity index (χ1v) is 7.86. The van der Waals surface area contributed by atoms with Gasteiger partial charge in [-0.1, -0.05) is 44.2 Å². The van der Waals surface area contributed by atoms with Gasteiger partial charge in [0, 0.05) is 32.7 Å². The van der Waals surface area contributed by atoms with Crippen LogP contribution in [0.2, 0.25) is 0 Å². The minimum absolute atomic E-state index is 0.0901. The number of hydrogen-bond donors (Lipinski definition) is 2. The molecule has 0 aromatic heterocycles. The van der Waals surface area contributed by atoms with Gasteiger partial charge in [0.05, 0.1) is 0 Å². The Morgan fingerprint density at radius 3 is 2.71 bits per heavy atom. The second-order valence-electron chi connectivity index (χ2n) is 6.13. The molecule has 2 rings (SSSR count). The molecule has 2 N–H and O–H groups in total. The molecule has 4 nitrogen and oxygen atoms in total. The van der Waals surface area contributed by atoms with Crippen LogP contribution in [0, 0.1) is 5.92 Å². The molecule has 1 aromatic rings. The summed E-state index contributed by atoms with van der Waals surface area (Å²) < 4.78 is 0. The van der Waals surface area contributed by atoms with Gasteiger partial charge in [0.25, 0.3) is 0 Å². The van der Waals surface area contributed by atoms with E-state index in [1.165, 1.54) is 5.56 Å². The summed E-state index contributed by atoms with van der Waals surface area (Å²) in [5.74, 6) is 0.697. The summed E-state index contributed by atoms with van der Waals surface area (Å²) >= 11 is 0. The Labute approximate surface area is 127 Å². The van der Waals surface area contributed by atoms with Crippen LogP contribution in [0.15, 0.2) is 30.3 Å². The molecule has 1 aromatic carbocycles. The molecule has 0 aliphatic carbocycles. The molecule has 1 fully saturated rings. The molecule has 1 aliphatic rings. The van der Waals surface area contributed by atoms with E-state index in [4.69, 9.17) is 0 Å². The summed E-state index contributed by atoms with van der Waals surface area (Å²) in [7, 11) is 1.72. The Hall–Kier alpha value is -1.39. The van der Waals surface area contributed by atoms with E-state index >= 15 is 0 Å². The number of amides is 1. The molecule has 2 atom stereocenters. The predicted octanol–water partition coefficient (Wildman–Crippen LogP) is 1.79. The van der Waals surface area contributed by atoms with E-state index in [1.807, 2.05) is 6.07 Å². The average Bonchev–Trinajstić information content (AvgIpc) is 2.52. The summed E-state index contributed by atoms with van der Waals surface area (Å²) in [6.45, 7) is 7.06. The first-order chi connectivity index (χ1) is 10.1. The van der Waals surface area contributed by atoms with E-state index in [9.17, 15) is 4.79 Å². The van der Waals surface area contributed by atoms with Gasteiger partial charge >= 0.3 is 0 Å². The Morgan fingerprint density at radius 1 is 1.38 bits per heavy atom. The van der Waals surface area contributed by atoms with E-state index in [1.54, 1.807) is 7.05 Å². The van der Waals surface area contributed by atoms with E-state index in [0.29, 0.717) is 12.0 Å². The summed E-state index contributed by atoms with van der Waals surface area (Å²) in [6, 6.07) is 10.8. The maximum absolute atomic E-state index is 12.2. The molecule has 21 heavy (non-hydrogen) atoms. The third kappa shape index (κ3) is 4.05. The van der Waals surface area contributed by atoms with Gasteiger partial charge < -0.3 is 10.6 Å². The van der Waals surface area contributed by atoms with Crippen molar-refractivity contribution < 1.29 is 4.79 Å². The number of benzene rings is 1. The number of nitrogens with one attached hydrogen (secondary N) is 2. The maximum Gasteiger partial charge on any atom is 0.238 e. The highest BCUT2D eigenvalue weighted by Gasteiger charge is 2.33. The minimum Gasteiger partial charge on any atom is -0.358 e. The summed E-state index contributed by atoms with van der Waals surface area (Å²) in [4.78, 5) is 14.6. The molecular formula is C17H27N3O. The van der Waals surface area contributed by atoms with E-state index in [2.05, 4.69) is 53.6 Å².